The summed E-state index contributed by atoms with van der Waals surface area (Å²) in [5.41, 5.74) is 6.94. The number of hydrogen-bond donors (Lipinski definition) is 2. The third kappa shape index (κ3) is 4.37. The van der Waals surface area contributed by atoms with Gasteiger partial charge in [0.15, 0.2) is 5.78 Å². The first-order valence-electron chi connectivity index (χ1n) is 13.9. The van der Waals surface area contributed by atoms with Gasteiger partial charge in [-0.25, -0.2) is 0 Å². The zero-order valence-electron chi connectivity index (χ0n) is 21.6. The number of benzene rings is 1. The van der Waals surface area contributed by atoms with Gasteiger partial charge in [-0.3, -0.25) is 14.6 Å². The Morgan fingerprint density at radius 1 is 1.08 bits per heavy atom. The molecule has 5 heteroatoms. The predicted octanol–water partition coefficient (Wildman–Crippen LogP) is 5.31. The highest BCUT2D eigenvalue weighted by atomic mass is 16.3. The van der Waals surface area contributed by atoms with Crippen molar-refractivity contribution in [3.05, 3.63) is 88.3 Å². The van der Waals surface area contributed by atoms with Gasteiger partial charge in [0.2, 0.25) is 0 Å². The highest BCUT2D eigenvalue weighted by Gasteiger charge is 2.56. The number of amides is 1. The third-order valence-electron chi connectivity index (χ3n) is 9.65. The number of carbonyl (C=O) groups excluding carboxylic acids is 2. The fraction of sp³-hybridized carbons (Fsp3) is 0.469. The van der Waals surface area contributed by atoms with Crippen molar-refractivity contribution in [3.63, 3.8) is 0 Å². The lowest BCUT2D eigenvalue weighted by Gasteiger charge is -2.52. The fourth-order valence-corrected chi connectivity index (χ4v) is 7.75. The molecule has 0 aliphatic heterocycles. The Labute approximate surface area is 219 Å². The van der Waals surface area contributed by atoms with Crippen molar-refractivity contribution >= 4 is 11.7 Å². The summed E-state index contributed by atoms with van der Waals surface area (Å²) in [6, 6.07) is 13.9. The Hall–Kier alpha value is -3.05. The number of carbonyl (C=O) groups is 2. The van der Waals surface area contributed by atoms with Crippen LogP contribution in [0, 0.1) is 17.3 Å². The normalized spacial score (nSPS) is 30.8. The molecular formula is C32H36N2O3. The molecule has 192 valence electrons. The molecular weight excluding hydrogens is 460 g/mol. The predicted molar refractivity (Wildman–Crippen MR) is 143 cm³/mol. The molecule has 0 spiro atoms. The number of hydrogen-bond acceptors (Lipinski definition) is 4. The van der Waals surface area contributed by atoms with Gasteiger partial charge in [0.25, 0.3) is 5.91 Å². The van der Waals surface area contributed by atoms with E-state index in [0.29, 0.717) is 36.8 Å². The van der Waals surface area contributed by atoms with Crippen LogP contribution >= 0.6 is 0 Å². The van der Waals surface area contributed by atoms with Crippen LogP contribution in [-0.4, -0.2) is 34.4 Å². The van der Waals surface area contributed by atoms with Crippen LogP contribution in [0.25, 0.3) is 0 Å². The van der Waals surface area contributed by atoms with E-state index in [-0.39, 0.29) is 29.1 Å². The van der Waals surface area contributed by atoms with Gasteiger partial charge in [-0.05, 0) is 103 Å². The summed E-state index contributed by atoms with van der Waals surface area (Å²) < 4.78 is 0. The second-order valence-electron chi connectivity index (χ2n) is 11.6. The summed E-state index contributed by atoms with van der Waals surface area (Å²) >= 11 is 0. The molecule has 5 nitrogen and oxygen atoms in total. The number of rotatable bonds is 5. The van der Waals surface area contributed by atoms with Crippen LogP contribution < -0.4 is 5.32 Å². The average molecular weight is 497 g/mol. The Bertz CT molecular complexity index is 1260. The van der Waals surface area contributed by atoms with E-state index >= 15 is 0 Å². The van der Waals surface area contributed by atoms with Crippen molar-refractivity contribution in [2.75, 3.05) is 6.54 Å². The lowest BCUT2D eigenvalue weighted by Crippen LogP contribution is -2.45. The summed E-state index contributed by atoms with van der Waals surface area (Å²) in [6.45, 7) is 2.84. The molecule has 37 heavy (non-hydrogen) atoms. The molecule has 0 bridgehead atoms. The highest BCUT2D eigenvalue weighted by molar-refractivity contribution is 5.94. The zero-order valence-corrected chi connectivity index (χ0v) is 21.6. The molecule has 0 unspecified atom stereocenters. The Morgan fingerprint density at radius 2 is 1.92 bits per heavy atom. The van der Waals surface area contributed by atoms with Crippen LogP contribution in [0.3, 0.4) is 0 Å². The summed E-state index contributed by atoms with van der Waals surface area (Å²) in [6.07, 6.45) is 10.5. The number of aliphatic hydroxyl groups is 1. The van der Waals surface area contributed by atoms with Crippen LogP contribution in [0.5, 0.6) is 0 Å². The standard InChI is InChI=1S/C32H36N2O3/c1-32-19-27(20-5-7-21(8-6-20)31(37)34-17-15-23-4-2-3-16-33-23)30-25-12-10-24(35)18-22(25)9-11-26(30)28(32)13-14-29(32)36/h2-8,16,18,26-29,36H,9-15,17,19H2,1H3,(H,34,37)/t26-,27+,28-,29-,32-/m0/s1. The number of nitrogens with zero attached hydrogens (tertiary/aromatic N) is 1. The molecule has 0 saturated heterocycles. The maximum atomic E-state index is 12.8. The molecule has 1 aromatic heterocycles. The average Bonchev–Trinajstić information content (AvgIpc) is 3.22. The van der Waals surface area contributed by atoms with Gasteiger partial charge in [0, 0.05) is 42.8 Å². The summed E-state index contributed by atoms with van der Waals surface area (Å²) in [5.74, 6) is 1.37. The maximum absolute atomic E-state index is 12.8. The van der Waals surface area contributed by atoms with Gasteiger partial charge in [-0.2, -0.15) is 0 Å². The van der Waals surface area contributed by atoms with E-state index in [2.05, 4.69) is 29.4 Å². The minimum Gasteiger partial charge on any atom is -0.393 e. The zero-order chi connectivity index (χ0) is 25.6. The van der Waals surface area contributed by atoms with E-state index in [9.17, 15) is 14.7 Å². The van der Waals surface area contributed by atoms with Crippen LogP contribution in [0.15, 0.2) is 71.5 Å². The molecule has 2 fully saturated rings. The summed E-state index contributed by atoms with van der Waals surface area (Å²) in [4.78, 5) is 29.3. The molecule has 2 N–H and O–H groups in total. The molecule has 6 rings (SSSR count). The largest absolute Gasteiger partial charge is 0.393 e. The van der Waals surface area contributed by atoms with Crippen LogP contribution in [0.1, 0.15) is 79.4 Å². The molecule has 1 heterocycles. The SMILES string of the molecule is C[C@]12C[C@H](c3ccc(C(=O)NCCc4ccccn4)cc3)C3=C4CCC(=O)C=C4CC[C@H]3[C@@H]1CC[C@@H]2O. The van der Waals surface area contributed by atoms with Gasteiger partial charge in [0.1, 0.15) is 0 Å². The maximum Gasteiger partial charge on any atom is 0.251 e. The lowest BCUT2D eigenvalue weighted by atomic mass is 9.53. The van der Waals surface area contributed by atoms with Gasteiger partial charge in [-0.15, -0.1) is 0 Å². The number of ketones is 1. The van der Waals surface area contributed by atoms with Crippen molar-refractivity contribution < 1.29 is 14.7 Å². The van der Waals surface area contributed by atoms with Gasteiger partial charge in [0.05, 0.1) is 6.10 Å². The van der Waals surface area contributed by atoms with Crippen molar-refractivity contribution in [1.29, 1.82) is 0 Å². The first-order chi connectivity index (χ1) is 17.9. The molecule has 0 radical (unpaired) electrons. The van der Waals surface area contributed by atoms with E-state index < -0.39 is 0 Å². The number of aromatic nitrogens is 1. The van der Waals surface area contributed by atoms with E-state index in [0.717, 1.165) is 44.2 Å². The Balaban J connectivity index is 1.27. The van der Waals surface area contributed by atoms with Gasteiger partial charge < -0.3 is 10.4 Å². The molecule has 5 atom stereocenters. The van der Waals surface area contributed by atoms with Crippen LogP contribution in [0.4, 0.5) is 0 Å². The van der Waals surface area contributed by atoms with Crippen molar-refractivity contribution in [3.8, 4) is 0 Å². The monoisotopic (exact) mass is 496 g/mol. The molecule has 1 aromatic carbocycles. The molecule has 4 aliphatic rings. The van der Waals surface area contributed by atoms with E-state index in [1.54, 1.807) is 6.20 Å². The quantitative estimate of drug-likeness (QED) is 0.588. The number of fused-ring (bicyclic) bond motifs is 4. The fourth-order valence-electron chi connectivity index (χ4n) is 7.75. The van der Waals surface area contributed by atoms with Gasteiger partial charge in [-0.1, -0.05) is 30.7 Å². The minimum atomic E-state index is -0.263. The summed E-state index contributed by atoms with van der Waals surface area (Å²) in [5, 5.41) is 14.1. The Kier molecular flexibility index (Phi) is 6.36. The number of pyridine rings is 1. The van der Waals surface area contributed by atoms with E-state index in [4.69, 9.17) is 0 Å². The topological polar surface area (TPSA) is 79.3 Å². The van der Waals surface area contributed by atoms with Crippen molar-refractivity contribution in [2.24, 2.45) is 17.3 Å². The van der Waals surface area contributed by atoms with Gasteiger partial charge >= 0.3 is 0 Å². The molecule has 1 amide bonds. The first kappa shape index (κ1) is 24.3. The first-order valence-corrected chi connectivity index (χ1v) is 13.9. The number of allylic oxidation sites excluding steroid dienone is 4. The second kappa shape index (κ2) is 9.68. The minimum absolute atomic E-state index is 0.0713. The van der Waals surface area contributed by atoms with Crippen molar-refractivity contribution in [1.82, 2.24) is 10.3 Å². The third-order valence-corrected chi connectivity index (χ3v) is 9.65. The molecule has 4 aliphatic carbocycles. The highest BCUT2D eigenvalue weighted by Crippen LogP contribution is 2.63. The van der Waals surface area contributed by atoms with E-state index in [1.165, 1.54) is 22.3 Å². The van der Waals surface area contributed by atoms with Crippen LogP contribution in [-0.2, 0) is 11.2 Å². The number of aliphatic hydroxyl groups excluding tert-OH is 1. The molecule has 2 saturated carbocycles. The number of nitrogens with one attached hydrogen (secondary N) is 1. The summed E-state index contributed by atoms with van der Waals surface area (Å²) in [7, 11) is 0. The smallest absolute Gasteiger partial charge is 0.251 e. The van der Waals surface area contributed by atoms with E-state index in [1.807, 2.05) is 36.4 Å². The van der Waals surface area contributed by atoms with Crippen LogP contribution in [0.2, 0.25) is 0 Å². The second-order valence-corrected chi connectivity index (χ2v) is 11.6. The molecule has 2 aromatic rings. The van der Waals surface area contributed by atoms with Crippen molar-refractivity contribution in [2.45, 2.75) is 70.3 Å². The lowest BCUT2D eigenvalue weighted by molar-refractivity contribution is -0.114. The Morgan fingerprint density at radius 3 is 2.70 bits per heavy atom.